The highest BCUT2D eigenvalue weighted by atomic mass is 16.5. The van der Waals surface area contributed by atoms with Crippen LogP contribution in [0.5, 0.6) is 17.2 Å². The molecule has 0 aliphatic heterocycles. The topological polar surface area (TPSA) is 69.2 Å². The minimum absolute atomic E-state index is 0.128. The van der Waals surface area contributed by atoms with Crippen molar-refractivity contribution in [2.75, 3.05) is 20.3 Å². The number of nitrogens with zero attached hydrogens (tertiary/aromatic N) is 1. The van der Waals surface area contributed by atoms with Crippen molar-refractivity contribution in [3.63, 3.8) is 0 Å². The van der Waals surface area contributed by atoms with Crippen LogP contribution in [0.3, 0.4) is 0 Å². The van der Waals surface area contributed by atoms with E-state index < -0.39 is 0 Å². The van der Waals surface area contributed by atoms with Crippen LogP contribution in [-0.2, 0) is 4.79 Å². The lowest BCUT2D eigenvalue weighted by Crippen LogP contribution is -2.24. The van der Waals surface area contributed by atoms with Gasteiger partial charge in [-0.3, -0.25) is 4.79 Å². The molecule has 0 aromatic heterocycles. The molecule has 0 aliphatic carbocycles. The van der Waals surface area contributed by atoms with E-state index in [1.54, 1.807) is 31.4 Å². The highest BCUT2D eigenvalue weighted by molar-refractivity contribution is 5.85. The van der Waals surface area contributed by atoms with Gasteiger partial charge in [0, 0.05) is 5.56 Å². The number of carbonyl (C=O) groups is 1. The minimum atomic E-state index is -0.352. The second kappa shape index (κ2) is 9.19. The molecular weight excluding hydrogens is 308 g/mol. The highest BCUT2D eigenvalue weighted by Gasteiger charge is 2.02. The van der Waals surface area contributed by atoms with E-state index in [0.29, 0.717) is 18.1 Å². The molecule has 0 unspecified atom stereocenters. The normalized spacial score (nSPS) is 10.4. The summed E-state index contributed by atoms with van der Waals surface area (Å²) in [5, 5.41) is 3.90. The van der Waals surface area contributed by atoms with Gasteiger partial charge in [-0.15, -0.1) is 0 Å². The van der Waals surface area contributed by atoms with E-state index in [-0.39, 0.29) is 12.5 Å². The summed E-state index contributed by atoms with van der Waals surface area (Å²) >= 11 is 0. The first kappa shape index (κ1) is 17.3. The van der Waals surface area contributed by atoms with Gasteiger partial charge in [0.1, 0.15) is 17.2 Å². The van der Waals surface area contributed by atoms with E-state index in [9.17, 15) is 4.79 Å². The van der Waals surface area contributed by atoms with Gasteiger partial charge in [0.2, 0.25) is 0 Å². The predicted molar refractivity (Wildman–Crippen MR) is 91.8 cm³/mol. The van der Waals surface area contributed by atoms with Crippen LogP contribution in [-0.4, -0.2) is 32.4 Å². The minimum Gasteiger partial charge on any atom is -0.496 e. The third-order valence-corrected chi connectivity index (χ3v) is 3.04. The molecule has 0 saturated heterocycles. The third-order valence-electron chi connectivity index (χ3n) is 3.04. The number of amides is 1. The molecule has 2 rings (SSSR count). The molecule has 1 N–H and O–H groups in total. The van der Waals surface area contributed by atoms with Gasteiger partial charge >= 0.3 is 0 Å². The summed E-state index contributed by atoms with van der Waals surface area (Å²) in [6, 6.07) is 14.4. The third kappa shape index (κ3) is 5.31. The lowest BCUT2D eigenvalue weighted by molar-refractivity contribution is -0.123. The van der Waals surface area contributed by atoms with Crippen LogP contribution >= 0.6 is 0 Å². The molecule has 6 nitrogen and oxygen atoms in total. The average molecular weight is 328 g/mol. The maximum absolute atomic E-state index is 11.7. The fourth-order valence-electron chi connectivity index (χ4n) is 1.93. The lowest BCUT2D eigenvalue weighted by atomic mass is 10.2. The molecule has 24 heavy (non-hydrogen) atoms. The number of hydrazone groups is 1. The number of methoxy groups -OCH3 is 1. The summed E-state index contributed by atoms with van der Waals surface area (Å²) in [6.07, 6.45) is 1.52. The van der Waals surface area contributed by atoms with E-state index >= 15 is 0 Å². The van der Waals surface area contributed by atoms with Crippen molar-refractivity contribution in [2.45, 2.75) is 6.92 Å². The molecule has 0 atom stereocenters. The van der Waals surface area contributed by atoms with Gasteiger partial charge < -0.3 is 14.2 Å². The lowest BCUT2D eigenvalue weighted by Gasteiger charge is -2.07. The Balaban J connectivity index is 1.79. The Bertz CT molecular complexity index is 684. The van der Waals surface area contributed by atoms with Gasteiger partial charge in [-0.05, 0) is 43.3 Å². The van der Waals surface area contributed by atoms with Crippen LogP contribution in [0.2, 0.25) is 0 Å². The van der Waals surface area contributed by atoms with Crippen molar-refractivity contribution in [3.05, 3.63) is 54.1 Å². The number of carbonyl (C=O) groups excluding carboxylic acids is 1. The first-order valence-corrected chi connectivity index (χ1v) is 7.53. The van der Waals surface area contributed by atoms with Crippen LogP contribution in [0.15, 0.2) is 53.6 Å². The Hall–Kier alpha value is -3.02. The van der Waals surface area contributed by atoms with Crippen LogP contribution in [0.25, 0.3) is 0 Å². The maximum Gasteiger partial charge on any atom is 0.277 e. The van der Waals surface area contributed by atoms with Gasteiger partial charge in [-0.1, -0.05) is 12.1 Å². The zero-order valence-electron chi connectivity index (χ0n) is 13.7. The van der Waals surface area contributed by atoms with Crippen LogP contribution in [0.4, 0.5) is 0 Å². The van der Waals surface area contributed by atoms with E-state index in [2.05, 4.69) is 10.5 Å². The van der Waals surface area contributed by atoms with Crippen molar-refractivity contribution in [3.8, 4) is 17.2 Å². The Morgan fingerprint density at radius 2 is 1.75 bits per heavy atom. The number of rotatable bonds is 8. The fourth-order valence-corrected chi connectivity index (χ4v) is 1.93. The van der Waals surface area contributed by atoms with Crippen molar-refractivity contribution in [1.29, 1.82) is 0 Å². The number of ether oxygens (including phenoxy) is 3. The number of benzene rings is 2. The molecule has 0 saturated carbocycles. The molecule has 126 valence electrons. The zero-order valence-corrected chi connectivity index (χ0v) is 13.7. The monoisotopic (exact) mass is 328 g/mol. The van der Waals surface area contributed by atoms with Crippen molar-refractivity contribution in [1.82, 2.24) is 5.43 Å². The Morgan fingerprint density at radius 3 is 2.42 bits per heavy atom. The quantitative estimate of drug-likeness (QED) is 0.597. The van der Waals surface area contributed by atoms with Gasteiger partial charge in [0.05, 0.1) is 19.9 Å². The van der Waals surface area contributed by atoms with E-state index in [1.807, 2.05) is 31.2 Å². The second-order valence-electron chi connectivity index (χ2n) is 4.73. The summed E-state index contributed by atoms with van der Waals surface area (Å²) in [5.41, 5.74) is 3.18. The smallest absolute Gasteiger partial charge is 0.277 e. The Morgan fingerprint density at radius 1 is 1.08 bits per heavy atom. The number of para-hydroxylation sites is 1. The van der Waals surface area contributed by atoms with Crippen LogP contribution in [0.1, 0.15) is 12.5 Å². The average Bonchev–Trinajstić information content (AvgIpc) is 2.62. The maximum atomic E-state index is 11.7. The van der Waals surface area contributed by atoms with Crippen molar-refractivity contribution >= 4 is 12.1 Å². The molecule has 0 fully saturated rings. The molecule has 1 amide bonds. The standard InChI is InChI=1S/C18H20N2O4/c1-3-23-15-8-10-16(11-9-15)24-13-18(21)20-19-12-14-6-4-5-7-17(14)22-2/h4-12H,3,13H2,1-2H3,(H,20,21)/b19-12+. The van der Waals surface area contributed by atoms with E-state index in [4.69, 9.17) is 14.2 Å². The van der Waals surface area contributed by atoms with Gasteiger partial charge in [0.15, 0.2) is 6.61 Å². The fraction of sp³-hybridized carbons (Fsp3) is 0.222. The summed E-state index contributed by atoms with van der Waals surface area (Å²) in [5.74, 6) is 1.68. The number of nitrogens with one attached hydrogen (secondary N) is 1. The molecule has 6 heteroatoms. The van der Waals surface area contributed by atoms with Crippen molar-refractivity contribution < 1.29 is 19.0 Å². The number of hydrogen-bond donors (Lipinski definition) is 1. The summed E-state index contributed by atoms with van der Waals surface area (Å²) < 4.78 is 15.9. The van der Waals surface area contributed by atoms with E-state index in [0.717, 1.165) is 11.3 Å². The zero-order chi connectivity index (χ0) is 17.2. The molecule has 0 radical (unpaired) electrons. The first-order valence-electron chi connectivity index (χ1n) is 7.53. The van der Waals surface area contributed by atoms with E-state index in [1.165, 1.54) is 6.21 Å². The van der Waals surface area contributed by atoms with Gasteiger partial charge in [-0.25, -0.2) is 5.43 Å². The number of hydrogen-bond acceptors (Lipinski definition) is 5. The molecule has 0 heterocycles. The molecule has 2 aromatic rings. The first-order chi connectivity index (χ1) is 11.7. The molecule has 0 spiro atoms. The summed E-state index contributed by atoms with van der Waals surface area (Å²) in [4.78, 5) is 11.7. The summed E-state index contributed by atoms with van der Waals surface area (Å²) in [7, 11) is 1.58. The SMILES string of the molecule is CCOc1ccc(OCC(=O)N/N=C/c2ccccc2OC)cc1. The van der Waals surface area contributed by atoms with Crippen LogP contribution in [0, 0.1) is 0 Å². The predicted octanol–water partition coefficient (Wildman–Crippen LogP) is 2.62. The van der Waals surface area contributed by atoms with Crippen molar-refractivity contribution in [2.24, 2.45) is 5.10 Å². The molecule has 0 aliphatic rings. The Labute approximate surface area is 141 Å². The Kier molecular flexibility index (Phi) is 6.64. The molecule has 0 bridgehead atoms. The highest BCUT2D eigenvalue weighted by Crippen LogP contribution is 2.17. The van der Waals surface area contributed by atoms with Gasteiger partial charge in [0.25, 0.3) is 5.91 Å². The molecule has 2 aromatic carbocycles. The largest absolute Gasteiger partial charge is 0.496 e. The molecular formula is C18H20N2O4. The van der Waals surface area contributed by atoms with Crippen LogP contribution < -0.4 is 19.6 Å². The second-order valence-corrected chi connectivity index (χ2v) is 4.73. The summed E-state index contributed by atoms with van der Waals surface area (Å²) in [6.45, 7) is 2.39. The van der Waals surface area contributed by atoms with Gasteiger partial charge in [-0.2, -0.15) is 5.10 Å².